The molecule has 1 heterocycles. The SMILES string of the molecule is CC1CN(CC(=O)c2ccc(C#N)cc2)CC(C)N1C. The summed E-state index contributed by atoms with van der Waals surface area (Å²) in [6.07, 6.45) is 0. The average Bonchev–Trinajstić information content (AvgIpc) is 2.44. The Balaban J connectivity index is 1.99. The van der Waals surface area contributed by atoms with Gasteiger partial charge in [0, 0.05) is 30.7 Å². The summed E-state index contributed by atoms with van der Waals surface area (Å²) >= 11 is 0. The fourth-order valence-corrected chi connectivity index (χ4v) is 2.67. The Bertz CT molecular complexity index is 506. The van der Waals surface area contributed by atoms with Crippen LogP contribution in [0.15, 0.2) is 24.3 Å². The van der Waals surface area contributed by atoms with Crippen LogP contribution in [0.4, 0.5) is 0 Å². The molecule has 2 atom stereocenters. The van der Waals surface area contributed by atoms with E-state index < -0.39 is 0 Å². The highest BCUT2D eigenvalue weighted by Gasteiger charge is 2.27. The molecule has 0 N–H and O–H groups in total. The van der Waals surface area contributed by atoms with E-state index in [1.165, 1.54) is 0 Å². The van der Waals surface area contributed by atoms with Crippen molar-refractivity contribution < 1.29 is 4.79 Å². The Morgan fingerprint density at radius 3 is 2.30 bits per heavy atom. The van der Waals surface area contributed by atoms with E-state index in [2.05, 4.69) is 36.8 Å². The van der Waals surface area contributed by atoms with Gasteiger partial charge in [0.25, 0.3) is 0 Å². The first-order chi connectivity index (χ1) is 9.51. The Kier molecular flexibility index (Phi) is 4.53. The van der Waals surface area contributed by atoms with Crippen LogP contribution in [0, 0.1) is 11.3 Å². The van der Waals surface area contributed by atoms with Crippen molar-refractivity contribution in [2.45, 2.75) is 25.9 Å². The lowest BCUT2D eigenvalue weighted by molar-refractivity contribution is 0.0549. The predicted octanol–water partition coefficient (Wildman–Crippen LogP) is 1.77. The number of ketones is 1. The van der Waals surface area contributed by atoms with Crippen LogP contribution in [-0.4, -0.2) is 54.3 Å². The van der Waals surface area contributed by atoms with E-state index in [1.54, 1.807) is 24.3 Å². The normalized spacial score (nSPS) is 24.3. The third kappa shape index (κ3) is 3.24. The third-order valence-electron chi connectivity index (χ3n) is 4.14. The number of Topliss-reactive ketones (excluding diaryl/α,β-unsaturated/α-hetero) is 1. The molecule has 0 aromatic heterocycles. The average molecular weight is 271 g/mol. The molecule has 1 aliphatic heterocycles. The van der Waals surface area contributed by atoms with Crippen molar-refractivity contribution in [1.82, 2.24) is 9.80 Å². The van der Waals surface area contributed by atoms with Gasteiger partial charge < -0.3 is 0 Å². The van der Waals surface area contributed by atoms with Gasteiger partial charge in [-0.1, -0.05) is 12.1 Å². The molecular formula is C16H21N3O. The number of nitrogens with zero attached hydrogens (tertiary/aromatic N) is 3. The van der Waals surface area contributed by atoms with Crippen molar-refractivity contribution in [2.24, 2.45) is 0 Å². The summed E-state index contributed by atoms with van der Waals surface area (Å²) < 4.78 is 0. The zero-order chi connectivity index (χ0) is 14.7. The monoisotopic (exact) mass is 271 g/mol. The van der Waals surface area contributed by atoms with E-state index in [4.69, 9.17) is 5.26 Å². The van der Waals surface area contributed by atoms with E-state index in [9.17, 15) is 4.79 Å². The molecule has 1 aromatic carbocycles. The Hall–Kier alpha value is -1.70. The van der Waals surface area contributed by atoms with E-state index in [0.29, 0.717) is 29.8 Å². The number of benzene rings is 1. The number of carbonyl (C=O) groups is 1. The van der Waals surface area contributed by atoms with Gasteiger partial charge in [-0.15, -0.1) is 0 Å². The highest BCUT2D eigenvalue weighted by atomic mass is 16.1. The van der Waals surface area contributed by atoms with Crippen molar-refractivity contribution in [1.29, 1.82) is 5.26 Å². The van der Waals surface area contributed by atoms with Crippen LogP contribution in [0.2, 0.25) is 0 Å². The van der Waals surface area contributed by atoms with Gasteiger partial charge >= 0.3 is 0 Å². The molecule has 1 aromatic rings. The second-order valence-electron chi connectivity index (χ2n) is 5.67. The van der Waals surface area contributed by atoms with Gasteiger partial charge in [-0.2, -0.15) is 5.26 Å². The van der Waals surface area contributed by atoms with Gasteiger partial charge in [0.1, 0.15) is 0 Å². The topological polar surface area (TPSA) is 47.3 Å². The molecule has 4 nitrogen and oxygen atoms in total. The van der Waals surface area contributed by atoms with Crippen LogP contribution in [0.1, 0.15) is 29.8 Å². The molecule has 1 fully saturated rings. The fraction of sp³-hybridized carbons (Fsp3) is 0.500. The summed E-state index contributed by atoms with van der Waals surface area (Å²) in [5, 5.41) is 8.76. The summed E-state index contributed by atoms with van der Waals surface area (Å²) in [4.78, 5) is 16.8. The van der Waals surface area contributed by atoms with E-state index in [1.807, 2.05) is 0 Å². The maximum Gasteiger partial charge on any atom is 0.176 e. The zero-order valence-corrected chi connectivity index (χ0v) is 12.3. The van der Waals surface area contributed by atoms with E-state index in [0.717, 1.165) is 13.1 Å². The maximum atomic E-state index is 12.3. The highest BCUT2D eigenvalue weighted by Crippen LogP contribution is 2.14. The van der Waals surface area contributed by atoms with Crippen molar-refractivity contribution in [3.05, 3.63) is 35.4 Å². The number of hydrogen-bond donors (Lipinski definition) is 0. The van der Waals surface area contributed by atoms with Crippen molar-refractivity contribution in [2.75, 3.05) is 26.7 Å². The first-order valence-electron chi connectivity index (χ1n) is 6.99. The summed E-state index contributed by atoms with van der Waals surface area (Å²) in [5.41, 5.74) is 1.27. The van der Waals surface area contributed by atoms with Gasteiger partial charge in [0.05, 0.1) is 18.2 Å². The number of likely N-dealkylation sites (N-methyl/N-ethyl adjacent to an activating group) is 1. The Labute approximate surface area is 120 Å². The van der Waals surface area contributed by atoms with E-state index >= 15 is 0 Å². The molecule has 1 saturated heterocycles. The molecule has 0 spiro atoms. The minimum absolute atomic E-state index is 0.124. The Morgan fingerprint density at radius 2 is 1.80 bits per heavy atom. The quantitative estimate of drug-likeness (QED) is 0.786. The summed E-state index contributed by atoms with van der Waals surface area (Å²) in [7, 11) is 2.13. The molecule has 0 amide bonds. The standard InChI is InChI=1S/C16H21N3O/c1-12-9-19(10-13(2)18(12)3)11-16(20)15-6-4-14(8-17)5-7-15/h4-7,12-13H,9-11H2,1-3H3. The maximum absolute atomic E-state index is 12.3. The molecule has 20 heavy (non-hydrogen) atoms. The third-order valence-corrected chi connectivity index (χ3v) is 4.14. The van der Waals surface area contributed by atoms with Crippen LogP contribution in [0.25, 0.3) is 0 Å². The minimum atomic E-state index is 0.124. The van der Waals surface area contributed by atoms with Crippen LogP contribution < -0.4 is 0 Å². The van der Waals surface area contributed by atoms with E-state index in [-0.39, 0.29) is 5.78 Å². The smallest absolute Gasteiger partial charge is 0.176 e. The molecule has 2 rings (SSSR count). The lowest BCUT2D eigenvalue weighted by Crippen LogP contribution is -2.55. The summed E-state index contributed by atoms with van der Waals surface area (Å²) in [6.45, 7) is 6.67. The molecular weight excluding hydrogens is 250 g/mol. The molecule has 0 radical (unpaired) electrons. The van der Waals surface area contributed by atoms with Crippen LogP contribution in [-0.2, 0) is 0 Å². The number of carbonyl (C=O) groups excluding carboxylic acids is 1. The van der Waals surface area contributed by atoms with Gasteiger partial charge in [0.2, 0.25) is 0 Å². The molecule has 0 saturated carbocycles. The predicted molar refractivity (Wildman–Crippen MR) is 78.6 cm³/mol. The fourth-order valence-electron chi connectivity index (χ4n) is 2.67. The van der Waals surface area contributed by atoms with Crippen LogP contribution in [0.5, 0.6) is 0 Å². The number of hydrogen-bond acceptors (Lipinski definition) is 4. The number of nitriles is 1. The van der Waals surface area contributed by atoms with Crippen molar-refractivity contribution in [3.63, 3.8) is 0 Å². The van der Waals surface area contributed by atoms with Gasteiger partial charge in [-0.25, -0.2) is 0 Å². The Morgan fingerprint density at radius 1 is 1.25 bits per heavy atom. The van der Waals surface area contributed by atoms with Crippen LogP contribution in [0.3, 0.4) is 0 Å². The first-order valence-corrected chi connectivity index (χ1v) is 6.99. The second-order valence-corrected chi connectivity index (χ2v) is 5.67. The second kappa shape index (κ2) is 6.17. The van der Waals surface area contributed by atoms with Crippen LogP contribution >= 0.6 is 0 Å². The summed E-state index contributed by atoms with van der Waals surface area (Å²) in [6, 6.07) is 9.87. The first kappa shape index (κ1) is 14.7. The highest BCUT2D eigenvalue weighted by molar-refractivity contribution is 5.97. The number of piperazine rings is 1. The van der Waals surface area contributed by atoms with Gasteiger partial charge in [-0.05, 0) is 33.0 Å². The number of rotatable bonds is 3. The largest absolute Gasteiger partial charge is 0.298 e. The minimum Gasteiger partial charge on any atom is -0.298 e. The van der Waals surface area contributed by atoms with Crippen molar-refractivity contribution in [3.8, 4) is 6.07 Å². The lowest BCUT2D eigenvalue weighted by Gasteiger charge is -2.42. The zero-order valence-electron chi connectivity index (χ0n) is 12.3. The molecule has 1 aliphatic rings. The summed E-state index contributed by atoms with van der Waals surface area (Å²) in [5.74, 6) is 0.124. The lowest BCUT2D eigenvalue weighted by atomic mass is 10.1. The molecule has 106 valence electrons. The molecule has 4 heteroatoms. The molecule has 0 aliphatic carbocycles. The van der Waals surface area contributed by atoms with Gasteiger partial charge in [-0.3, -0.25) is 14.6 Å². The van der Waals surface area contributed by atoms with Crippen molar-refractivity contribution >= 4 is 5.78 Å². The molecule has 0 bridgehead atoms. The van der Waals surface area contributed by atoms with Gasteiger partial charge in [0.15, 0.2) is 5.78 Å². The molecule has 2 unspecified atom stereocenters.